The zero-order chi connectivity index (χ0) is 16.5. The van der Waals surface area contributed by atoms with Gasteiger partial charge in [-0.05, 0) is 31.2 Å². The smallest absolute Gasteiger partial charge is 0.305 e. The molecule has 1 aromatic heterocycles. The first-order chi connectivity index (χ1) is 11.2. The Balaban J connectivity index is 1.82. The van der Waals surface area contributed by atoms with Gasteiger partial charge in [0.2, 0.25) is 0 Å². The number of thiophene rings is 1. The summed E-state index contributed by atoms with van der Waals surface area (Å²) < 4.78 is 22.5. The van der Waals surface area contributed by atoms with Gasteiger partial charge in [-0.1, -0.05) is 0 Å². The molecule has 0 spiro atoms. The Kier molecular flexibility index (Phi) is 8.39. The van der Waals surface area contributed by atoms with Gasteiger partial charge < -0.3 is 18.9 Å². The highest BCUT2D eigenvalue weighted by atomic mass is 32.2. The fraction of sp³-hybridized carbons (Fsp3) is 0.688. The van der Waals surface area contributed by atoms with Crippen molar-refractivity contribution in [2.24, 2.45) is 0 Å². The lowest BCUT2D eigenvalue weighted by atomic mass is 10.0. The molecule has 1 aliphatic heterocycles. The summed E-state index contributed by atoms with van der Waals surface area (Å²) in [6.07, 6.45) is 2.20. The molecule has 0 amide bonds. The largest absolute Gasteiger partial charge is 0.466 e. The average molecular weight is 360 g/mol. The number of carbonyl (C=O) groups is 1. The van der Waals surface area contributed by atoms with Gasteiger partial charge in [-0.2, -0.15) is 0 Å². The second kappa shape index (κ2) is 10.3. The van der Waals surface area contributed by atoms with Crippen LogP contribution in [0.2, 0.25) is 0 Å². The maximum absolute atomic E-state index is 11.5. The van der Waals surface area contributed by atoms with Crippen LogP contribution in [0.15, 0.2) is 15.7 Å². The normalized spacial score (nSPS) is 20.3. The summed E-state index contributed by atoms with van der Waals surface area (Å²) in [5.74, 6) is -0.120. The van der Waals surface area contributed by atoms with Crippen LogP contribution >= 0.6 is 23.1 Å². The number of fused-ring (bicyclic) bond motifs is 1. The van der Waals surface area contributed by atoms with Gasteiger partial charge in [0.15, 0.2) is 0 Å². The third-order valence-electron chi connectivity index (χ3n) is 3.52. The molecule has 0 saturated heterocycles. The van der Waals surface area contributed by atoms with E-state index in [-0.39, 0.29) is 18.9 Å². The lowest BCUT2D eigenvalue weighted by Gasteiger charge is -2.28. The minimum atomic E-state index is -0.120. The first-order valence-corrected chi connectivity index (χ1v) is 9.58. The quantitative estimate of drug-likeness (QED) is 0.361. The Bertz CT molecular complexity index is 477. The van der Waals surface area contributed by atoms with Gasteiger partial charge in [-0.15, -0.1) is 23.1 Å². The van der Waals surface area contributed by atoms with Crippen molar-refractivity contribution in [3.8, 4) is 0 Å². The van der Waals surface area contributed by atoms with Crippen molar-refractivity contribution in [3.05, 3.63) is 17.0 Å². The Morgan fingerprint density at radius 2 is 2.26 bits per heavy atom. The van der Waals surface area contributed by atoms with Crippen molar-refractivity contribution in [1.82, 2.24) is 0 Å². The van der Waals surface area contributed by atoms with Crippen molar-refractivity contribution in [2.75, 3.05) is 33.7 Å². The molecule has 0 N–H and O–H groups in total. The van der Waals surface area contributed by atoms with E-state index in [1.165, 1.54) is 9.77 Å². The third kappa shape index (κ3) is 6.08. The highest BCUT2D eigenvalue weighted by Crippen LogP contribution is 2.46. The number of hydrogen-bond acceptors (Lipinski definition) is 7. The number of esters is 1. The van der Waals surface area contributed by atoms with E-state index in [0.29, 0.717) is 31.5 Å². The van der Waals surface area contributed by atoms with E-state index in [0.717, 1.165) is 12.8 Å². The summed E-state index contributed by atoms with van der Waals surface area (Å²) in [6, 6.07) is 2.12. The molecule has 5 nitrogen and oxygen atoms in total. The molecule has 130 valence electrons. The fourth-order valence-electron chi connectivity index (χ4n) is 2.38. The molecule has 0 radical (unpaired) electrons. The molecule has 0 aliphatic carbocycles. The van der Waals surface area contributed by atoms with Crippen molar-refractivity contribution < 1.29 is 23.7 Å². The lowest BCUT2D eigenvalue weighted by Crippen LogP contribution is -2.20. The molecule has 0 bridgehead atoms. The summed E-state index contributed by atoms with van der Waals surface area (Å²) in [7, 11) is 1.65. The summed E-state index contributed by atoms with van der Waals surface area (Å²) in [4.78, 5) is 11.5. The first kappa shape index (κ1) is 18.7. The van der Waals surface area contributed by atoms with Crippen LogP contribution in [0.3, 0.4) is 0 Å². The molecule has 0 fully saturated rings. The van der Waals surface area contributed by atoms with Crippen LogP contribution in [-0.4, -0.2) is 44.9 Å². The monoisotopic (exact) mass is 360 g/mol. The highest BCUT2D eigenvalue weighted by Gasteiger charge is 2.29. The molecule has 7 heteroatoms. The molecule has 2 unspecified atom stereocenters. The predicted octanol–water partition coefficient (Wildman–Crippen LogP) is 3.63. The molecule has 2 atom stereocenters. The maximum atomic E-state index is 11.5. The number of rotatable bonds is 10. The molecule has 1 aromatic rings. The number of hydrogen-bond donors (Lipinski definition) is 0. The van der Waals surface area contributed by atoms with E-state index in [1.807, 2.05) is 18.7 Å². The summed E-state index contributed by atoms with van der Waals surface area (Å²) >= 11 is 3.58. The second-order valence-electron chi connectivity index (χ2n) is 5.16. The van der Waals surface area contributed by atoms with Crippen molar-refractivity contribution in [3.63, 3.8) is 0 Å². The Morgan fingerprint density at radius 3 is 3.04 bits per heavy atom. The Labute approximate surface area is 145 Å². The fourth-order valence-corrected chi connectivity index (χ4v) is 5.00. The van der Waals surface area contributed by atoms with Gasteiger partial charge in [0.1, 0.15) is 6.79 Å². The number of ether oxygens (including phenoxy) is 4. The van der Waals surface area contributed by atoms with E-state index < -0.39 is 0 Å². The lowest BCUT2D eigenvalue weighted by molar-refractivity contribution is -0.143. The van der Waals surface area contributed by atoms with Crippen molar-refractivity contribution >= 4 is 29.1 Å². The van der Waals surface area contributed by atoms with Gasteiger partial charge in [-0.25, -0.2) is 0 Å². The van der Waals surface area contributed by atoms with E-state index >= 15 is 0 Å². The molecule has 0 aromatic carbocycles. The molecular formula is C16H24O5S2. The van der Waals surface area contributed by atoms with Crippen molar-refractivity contribution in [2.45, 2.75) is 41.7 Å². The number of thioether (sulfide) groups is 1. The van der Waals surface area contributed by atoms with Crippen LogP contribution in [0.4, 0.5) is 0 Å². The average Bonchev–Trinajstić information content (AvgIpc) is 3.01. The molecule has 23 heavy (non-hydrogen) atoms. The van der Waals surface area contributed by atoms with Gasteiger partial charge in [0.25, 0.3) is 0 Å². The van der Waals surface area contributed by atoms with E-state index in [9.17, 15) is 4.79 Å². The number of methoxy groups -OCH3 is 1. The van der Waals surface area contributed by atoms with Gasteiger partial charge in [-0.3, -0.25) is 4.79 Å². The van der Waals surface area contributed by atoms with Crippen LogP contribution in [0.1, 0.15) is 37.9 Å². The zero-order valence-electron chi connectivity index (χ0n) is 13.6. The Morgan fingerprint density at radius 1 is 1.39 bits per heavy atom. The van der Waals surface area contributed by atoms with Crippen LogP contribution in [0.25, 0.3) is 0 Å². The highest BCUT2D eigenvalue weighted by molar-refractivity contribution is 8.01. The van der Waals surface area contributed by atoms with Crippen molar-refractivity contribution in [1.29, 1.82) is 0 Å². The topological polar surface area (TPSA) is 54.0 Å². The molecule has 2 rings (SSSR count). The second-order valence-corrected chi connectivity index (χ2v) is 7.64. The summed E-state index contributed by atoms with van der Waals surface area (Å²) in [5.41, 5.74) is 1.24. The van der Waals surface area contributed by atoms with E-state index in [4.69, 9.17) is 18.9 Å². The predicted molar refractivity (Wildman–Crippen MR) is 91.0 cm³/mol. The van der Waals surface area contributed by atoms with Crippen LogP contribution < -0.4 is 0 Å². The maximum Gasteiger partial charge on any atom is 0.305 e. The van der Waals surface area contributed by atoms with Crippen LogP contribution in [0, 0.1) is 0 Å². The van der Waals surface area contributed by atoms with Gasteiger partial charge in [0.05, 0.1) is 30.1 Å². The minimum Gasteiger partial charge on any atom is -0.466 e. The molecular weight excluding hydrogens is 336 g/mol. The van der Waals surface area contributed by atoms with E-state index in [1.54, 1.807) is 18.4 Å². The number of carbonyl (C=O) groups excluding carboxylic acids is 1. The summed E-state index contributed by atoms with van der Waals surface area (Å²) in [5, 5.41) is 2.46. The first-order valence-electron chi connectivity index (χ1n) is 7.82. The minimum absolute atomic E-state index is 0.0345. The van der Waals surface area contributed by atoms with Crippen LogP contribution in [-0.2, 0) is 23.7 Å². The standard InChI is InChI=1S/C16H24O5S2/c1-3-20-15(17)5-4-12-10-14(21-11-19-8-7-18-2)13-6-9-22-16(13)23-12/h6,9,12,14H,3-5,7-8,10-11H2,1-2H3. The van der Waals surface area contributed by atoms with Crippen LogP contribution in [0.5, 0.6) is 0 Å². The summed E-state index contributed by atoms with van der Waals surface area (Å²) in [6.45, 7) is 3.63. The Hall–Kier alpha value is -0.600. The molecule has 1 aliphatic rings. The molecule has 2 heterocycles. The van der Waals surface area contributed by atoms with Gasteiger partial charge in [0, 0.05) is 24.3 Å². The van der Waals surface area contributed by atoms with Gasteiger partial charge >= 0.3 is 5.97 Å². The van der Waals surface area contributed by atoms with E-state index in [2.05, 4.69) is 11.4 Å². The third-order valence-corrected chi connectivity index (χ3v) is 6.03. The zero-order valence-corrected chi connectivity index (χ0v) is 15.2. The SMILES string of the molecule is CCOC(=O)CCC1CC(OCOCCOC)c2ccsc2S1. The molecule has 0 saturated carbocycles.